The lowest BCUT2D eigenvalue weighted by atomic mass is 9.79. The van der Waals surface area contributed by atoms with Gasteiger partial charge in [0.15, 0.2) is 11.5 Å². The zero-order chi connectivity index (χ0) is 11.6. The molecule has 0 saturated heterocycles. The summed E-state index contributed by atoms with van der Waals surface area (Å²) in [6, 6.07) is 5.29. The third kappa shape index (κ3) is 1.87. The molecule has 0 radical (unpaired) electrons. The summed E-state index contributed by atoms with van der Waals surface area (Å²) in [5.74, 6) is 0.505. The molecule has 0 aliphatic heterocycles. The molecule has 88 valence electrons. The van der Waals surface area contributed by atoms with Crippen molar-refractivity contribution in [2.24, 2.45) is 0 Å². The summed E-state index contributed by atoms with van der Waals surface area (Å²) in [5, 5.41) is 20.5. The molecule has 3 nitrogen and oxygen atoms in total. The van der Waals surface area contributed by atoms with Crippen molar-refractivity contribution in [3.8, 4) is 11.5 Å². The zero-order valence-electron chi connectivity index (χ0n) is 9.57. The zero-order valence-corrected chi connectivity index (χ0v) is 9.57. The first kappa shape index (κ1) is 11.3. The normalized spacial score (nSPS) is 19.4. The summed E-state index contributed by atoms with van der Waals surface area (Å²) in [7, 11) is 1.52. The number of hydrogen-bond acceptors (Lipinski definition) is 3. The highest BCUT2D eigenvalue weighted by atomic mass is 16.5. The van der Waals surface area contributed by atoms with Crippen molar-refractivity contribution in [2.45, 2.75) is 37.7 Å². The predicted octanol–water partition coefficient (Wildman–Crippen LogP) is 2.55. The van der Waals surface area contributed by atoms with E-state index in [2.05, 4.69) is 0 Å². The van der Waals surface area contributed by atoms with Gasteiger partial charge < -0.3 is 14.9 Å². The van der Waals surface area contributed by atoms with Crippen molar-refractivity contribution in [1.82, 2.24) is 0 Å². The van der Waals surface area contributed by atoms with Gasteiger partial charge in [-0.2, -0.15) is 0 Å². The van der Waals surface area contributed by atoms with Crippen LogP contribution in [0.2, 0.25) is 0 Å². The Morgan fingerprint density at radius 1 is 1.19 bits per heavy atom. The quantitative estimate of drug-likeness (QED) is 0.808. The van der Waals surface area contributed by atoms with Gasteiger partial charge in [0.2, 0.25) is 0 Å². The van der Waals surface area contributed by atoms with Gasteiger partial charge in [-0.15, -0.1) is 0 Å². The van der Waals surface area contributed by atoms with Crippen LogP contribution in [-0.4, -0.2) is 17.3 Å². The molecule has 0 unspecified atom stereocenters. The second-order valence-electron chi connectivity index (χ2n) is 4.45. The lowest BCUT2D eigenvalue weighted by Crippen LogP contribution is -2.28. The maximum absolute atomic E-state index is 10.5. The minimum Gasteiger partial charge on any atom is -0.504 e. The first-order chi connectivity index (χ1) is 7.67. The maximum atomic E-state index is 10.5. The van der Waals surface area contributed by atoms with Gasteiger partial charge >= 0.3 is 0 Å². The molecule has 2 rings (SSSR count). The van der Waals surface area contributed by atoms with Crippen molar-refractivity contribution in [3.63, 3.8) is 0 Å². The average molecular weight is 222 g/mol. The van der Waals surface area contributed by atoms with Crippen molar-refractivity contribution in [2.75, 3.05) is 7.11 Å². The summed E-state index contributed by atoms with van der Waals surface area (Å²) in [5.41, 5.74) is -0.275. The van der Waals surface area contributed by atoms with Crippen molar-refractivity contribution in [3.05, 3.63) is 23.8 Å². The number of aliphatic hydroxyl groups is 1. The van der Waals surface area contributed by atoms with Gasteiger partial charge in [0, 0.05) is 5.56 Å². The Balaban J connectivity index is 2.38. The van der Waals surface area contributed by atoms with E-state index in [1.807, 2.05) is 0 Å². The largest absolute Gasteiger partial charge is 0.504 e. The molecule has 1 aromatic rings. The molecule has 2 N–H and O–H groups in total. The standard InChI is InChI=1S/C13H18O3/c1-16-11-7-5-6-10(12(11)14)13(15)8-3-2-4-9-13/h5-7,14-15H,2-4,8-9H2,1H3. The Morgan fingerprint density at radius 3 is 2.50 bits per heavy atom. The van der Waals surface area contributed by atoms with Crippen LogP contribution < -0.4 is 4.74 Å². The summed E-state index contributed by atoms with van der Waals surface area (Å²) in [6.45, 7) is 0. The lowest BCUT2D eigenvalue weighted by Gasteiger charge is -2.33. The van der Waals surface area contributed by atoms with Crippen LogP contribution in [0.3, 0.4) is 0 Å². The third-order valence-corrected chi connectivity index (χ3v) is 3.40. The summed E-state index contributed by atoms with van der Waals surface area (Å²) in [6.07, 6.45) is 4.61. The number of phenolic OH excluding ortho intramolecular Hbond substituents is 1. The van der Waals surface area contributed by atoms with Crippen molar-refractivity contribution < 1.29 is 14.9 Å². The smallest absolute Gasteiger partial charge is 0.163 e. The van der Waals surface area contributed by atoms with Gasteiger partial charge in [0.1, 0.15) is 0 Å². The van der Waals surface area contributed by atoms with Gasteiger partial charge in [0.05, 0.1) is 12.7 Å². The van der Waals surface area contributed by atoms with E-state index in [9.17, 15) is 10.2 Å². The highest BCUT2D eigenvalue weighted by Crippen LogP contribution is 2.43. The van der Waals surface area contributed by atoms with Crippen LogP contribution in [0.5, 0.6) is 11.5 Å². The Labute approximate surface area is 95.7 Å². The molecule has 0 bridgehead atoms. The molecule has 1 aliphatic carbocycles. The molecular weight excluding hydrogens is 204 g/mol. The fourth-order valence-corrected chi connectivity index (χ4v) is 2.47. The Kier molecular flexibility index (Phi) is 3.06. The number of ether oxygens (including phenoxy) is 1. The number of rotatable bonds is 2. The van der Waals surface area contributed by atoms with Crippen LogP contribution in [-0.2, 0) is 5.60 Å². The van der Waals surface area contributed by atoms with Gasteiger partial charge in [-0.3, -0.25) is 0 Å². The third-order valence-electron chi connectivity index (χ3n) is 3.40. The Bertz CT molecular complexity index is 367. The van der Waals surface area contributed by atoms with Crippen LogP contribution in [0, 0.1) is 0 Å². The average Bonchev–Trinajstić information content (AvgIpc) is 2.30. The van der Waals surface area contributed by atoms with E-state index in [1.165, 1.54) is 7.11 Å². The molecule has 3 heteroatoms. The van der Waals surface area contributed by atoms with Crippen LogP contribution >= 0.6 is 0 Å². The SMILES string of the molecule is COc1cccc(C2(O)CCCCC2)c1O. The molecule has 0 aromatic heterocycles. The molecule has 0 heterocycles. The fourth-order valence-electron chi connectivity index (χ4n) is 2.47. The van der Waals surface area contributed by atoms with Crippen molar-refractivity contribution in [1.29, 1.82) is 0 Å². The highest BCUT2D eigenvalue weighted by Gasteiger charge is 2.34. The molecular formula is C13H18O3. The summed E-state index contributed by atoms with van der Waals surface area (Å²) < 4.78 is 5.06. The van der Waals surface area contributed by atoms with Gasteiger partial charge in [-0.25, -0.2) is 0 Å². The molecule has 0 spiro atoms. The lowest BCUT2D eigenvalue weighted by molar-refractivity contribution is -0.00278. The van der Waals surface area contributed by atoms with E-state index in [-0.39, 0.29) is 5.75 Å². The highest BCUT2D eigenvalue weighted by molar-refractivity contribution is 5.48. The molecule has 0 amide bonds. The van der Waals surface area contributed by atoms with E-state index in [4.69, 9.17) is 4.74 Å². The topological polar surface area (TPSA) is 49.7 Å². The first-order valence-electron chi connectivity index (χ1n) is 5.76. The Morgan fingerprint density at radius 2 is 1.88 bits per heavy atom. The number of para-hydroxylation sites is 1. The van der Waals surface area contributed by atoms with Gasteiger partial charge in [-0.1, -0.05) is 31.4 Å². The summed E-state index contributed by atoms with van der Waals surface area (Å²) >= 11 is 0. The number of phenols is 1. The van der Waals surface area contributed by atoms with E-state index >= 15 is 0 Å². The van der Waals surface area contributed by atoms with Crippen LogP contribution in [0.4, 0.5) is 0 Å². The maximum Gasteiger partial charge on any atom is 0.163 e. The fraction of sp³-hybridized carbons (Fsp3) is 0.538. The molecule has 0 atom stereocenters. The number of benzene rings is 1. The molecule has 1 aromatic carbocycles. The van der Waals surface area contributed by atoms with Crippen LogP contribution in [0.1, 0.15) is 37.7 Å². The minimum absolute atomic E-state index is 0.0781. The van der Waals surface area contributed by atoms with Gasteiger partial charge in [-0.05, 0) is 18.9 Å². The van der Waals surface area contributed by atoms with E-state index in [1.54, 1.807) is 18.2 Å². The summed E-state index contributed by atoms with van der Waals surface area (Å²) in [4.78, 5) is 0. The van der Waals surface area contributed by atoms with Crippen molar-refractivity contribution >= 4 is 0 Å². The van der Waals surface area contributed by atoms with Crippen LogP contribution in [0.15, 0.2) is 18.2 Å². The Hall–Kier alpha value is -1.22. The molecule has 1 aliphatic rings. The second kappa shape index (κ2) is 4.34. The van der Waals surface area contributed by atoms with E-state index in [0.29, 0.717) is 24.2 Å². The monoisotopic (exact) mass is 222 g/mol. The minimum atomic E-state index is -0.878. The first-order valence-corrected chi connectivity index (χ1v) is 5.76. The van der Waals surface area contributed by atoms with Gasteiger partial charge in [0.25, 0.3) is 0 Å². The molecule has 1 saturated carbocycles. The van der Waals surface area contributed by atoms with E-state index < -0.39 is 5.60 Å². The second-order valence-corrected chi connectivity index (χ2v) is 4.45. The van der Waals surface area contributed by atoms with Crippen LogP contribution in [0.25, 0.3) is 0 Å². The number of hydrogen-bond donors (Lipinski definition) is 2. The number of methoxy groups -OCH3 is 1. The molecule has 1 fully saturated rings. The van der Waals surface area contributed by atoms with E-state index in [0.717, 1.165) is 19.3 Å². The molecule has 16 heavy (non-hydrogen) atoms. The predicted molar refractivity (Wildman–Crippen MR) is 61.6 cm³/mol. The number of aromatic hydroxyl groups is 1.